The smallest absolute Gasteiger partial charge is 0.164 e. The summed E-state index contributed by atoms with van der Waals surface area (Å²) in [6.45, 7) is 4.65. The number of nitrogens with zero attached hydrogens (tertiary/aromatic N) is 4. The quantitative estimate of drug-likeness (QED) is 0.162. The fraction of sp³-hybridized carbons (Fsp3) is 0.0556. The van der Waals surface area contributed by atoms with Gasteiger partial charge in [-0.2, -0.15) is 0 Å². The van der Waals surface area contributed by atoms with Crippen LogP contribution in [-0.4, -0.2) is 15.0 Å². The van der Waals surface area contributed by atoms with Crippen molar-refractivity contribution in [1.82, 2.24) is 15.0 Å². The second kappa shape index (κ2) is 13.8. The van der Waals surface area contributed by atoms with E-state index in [2.05, 4.69) is 146 Å². The molecule has 11 rings (SSSR count). The van der Waals surface area contributed by atoms with Crippen LogP contribution in [-0.2, 0) is 5.41 Å². The van der Waals surface area contributed by atoms with Gasteiger partial charge >= 0.3 is 0 Å². The van der Waals surface area contributed by atoms with Gasteiger partial charge in [0.05, 0.1) is 0 Å². The molecule has 5 nitrogen and oxygen atoms in total. The molecule has 0 amide bonds. The Morgan fingerprint density at radius 3 is 1.61 bits per heavy atom. The van der Waals surface area contributed by atoms with Crippen LogP contribution in [0.15, 0.2) is 199 Å². The van der Waals surface area contributed by atoms with E-state index in [0.717, 1.165) is 66.8 Å². The molecule has 8 aromatic carbocycles. The van der Waals surface area contributed by atoms with Crippen LogP contribution in [0.3, 0.4) is 0 Å². The first kappa shape index (κ1) is 34.6. The number of hydrogen-bond acceptors (Lipinski definition) is 5. The van der Waals surface area contributed by atoms with Gasteiger partial charge < -0.3 is 9.32 Å². The molecule has 59 heavy (non-hydrogen) atoms. The zero-order chi connectivity index (χ0) is 39.5. The highest BCUT2D eigenvalue weighted by molar-refractivity contribution is 6.07. The van der Waals surface area contributed by atoms with E-state index in [1.165, 1.54) is 22.3 Å². The summed E-state index contributed by atoms with van der Waals surface area (Å²) in [5.74, 6) is 1.85. The van der Waals surface area contributed by atoms with Gasteiger partial charge in [0, 0.05) is 49.9 Å². The van der Waals surface area contributed by atoms with Gasteiger partial charge in [0.1, 0.15) is 11.2 Å². The number of benzene rings is 8. The number of rotatable bonds is 7. The zero-order valence-corrected chi connectivity index (χ0v) is 32.7. The molecule has 0 N–H and O–H groups in total. The Hall–Kier alpha value is -7.63. The Bertz CT molecular complexity index is 3120. The molecule has 10 aromatic rings. The fourth-order valence-electron chi connectivity index (χ4n) is 8.71. The Balaban J connectivity index is 0.942. The first-order valence-corrected chi connectivity index (χ1v) is 20.0. The van der Waals surface area contributed by atoms with Crippen LogP contribution in [0, 0.1) is 0 Å². The summed E-state index contributed by atoms with van der Waals surface area (Å²) in [7, 11) is 0. The van der Waals surface area contributed by atoms with Gasteiger partial charge in [0.15, 0.2) is 17.5 Å². The van der Waals surface area contributed by atoms with Crippen LogP contribution >= 0.6 is 0 Å². The highest BCUT2D eigenvalue weighted by atomic mass is 16.3. The highest BCUT2D eigenvalue weighted by Crippen LogP contribution is 2.50. The van der Waals surface area contributed by atoms with E-state index in [9.17, 15) is 0 Å². The molecule has 0 saturated heterocycles. The molecule has 5 heteroatoms. The molecule has 280 valence electrons. The summed E-state index contributed by atoms with van der Waals surface area (Å²) in [6.07, 6.45) is 0. The van der Waals surface area contributed by atoms with Crippen LogP contribution in [0.4, 0.5) is 17.1 Å². The predicted molar refractivity (Wildman–Crippen MR) is 241 cm³/mol. The lowest BCUT2D eigenvalue weighted by Crippen LogP contribution is -2.15. The zero-order valence-electron chi connectivity index (χ0n) is 32.7. The average molecular weight is 759 g/mol. The Morgan fingerprint density at radius 2 is 0.915 bits per heavy atom. The predicted octanol–water partition coefficient (Wildman–Crippen LogP) is 14.2. The second-order valence-corrected chi connectivity index (χ2v) is 15.7. The normalized spacial score (nSPS) is 12.7. The Morgan fingerprint density at radius 1 is 0.373 bits per heavy atom. The molecular formula is C54H38N4O. The average Bonchev–Trinajstić information content (AvgIpc) is 3.78. The first-order chi connectivity index (χ1) is 29.0. The van der Waals surface area contributed by atoms with Gasteiger partial charge in [0.2, 0.25) is 0 Å². The number of anilines is 3. The van der Waals surface area contributed by atoms with Gasteiger partial charge in [0.25, 0.3) is 0 Å². The van der Waals surface area contributed by atoms with E-state index in [0.29, 0.717) is 17.5 Å². The number of fused-ring (bicyclic) bond motifs is 6. The SMILES string of the molecule is CC1(C)c2ccccc2-c2cc(N(c3ccccc3)c3ccc(-c4ccc5oc6cc(-c7nc(-c8ccccc8)nc(-c8ccccc8)n7)ccc6c5c4)cc3)ccc21. The van der Waals surface area contributed by atoms with Crippen molar-refractivity contribution in [3.8, 4) is 56.4 Å². The van der Waals surface area contributed by atoms with E-state index < -0.39 is 0 Å². The molecule has 1 aliphatic rings. The first-order valence-electron chi connectivity index (χ1n) is 20.0. The van der Waals surface area contributed by atoms with Crippen molar-refractivity contribution in [2.45, 2.75) is 19.3 Å². The lowest BCUT2D eigenvalue weighted by atomic mass is 9.82. The molecule has 0 unspecified atom stereocenters. The van der Waals surface area contributed by atoms with Gasteiger partial charge in [-0.25, -0.2) is 15.0 Å². The molecule has 0 atom stereocenters. The van der Waals surface area contributed by atoms with Crippen molar-refractivity contribution >= 4 is 39.0 Å². The second-order valence-electron chi connectivity index (χ2n) is 15.7. The van der Waals surface area contributed by atoms with E-state index in [1.54, 1.807) is 0 Å². The summed E-state index contributed by atoms with van der Waals surface area (Å²) in [4.78, 5) is 17.1. The maximum Gasteiger partial charge on any atom is 0.164 e. The monoisotopic (exact) mass is 758 g/mol. The molecule has 0 saturated carbocycles. The molecule has 2 heterocycles. The molecule has 0 radical (unpaired) electrons. The van der Waals surface area contributed by atoms with Crippen molar-refractivity contribution in [1.29, 1.82) is 0 Å². The minimum atomic E-state index is -0.0411. The van der Waals surface area contributed by atoms with Gasteiger partial charge in [-0.3, -0.25) is 0 Å². The summed E-state index contributed by atoms with van der Waals surface area (Å²) >= 11 is 0. The lowest BCUT2D eigenvalue weighted by Gasteiger charge is -2.27. The van der Waals surface area contributed by atoms with E-state index >= 15 is 0 Å². The molecule has 0 aliphatic heterocycles. The minimum Gasteiger partial charge on any atom is -0.456 e. The van der Waals surface area contributed by atoms with Gasteiger partial charge in [-0.05, 0) is 94.0 Å². The summed E-state index contributed by atoms with van der Waals surface area (Å²) in [5.41, 5.74) is 15.3. The third kappa shape index (κ3) is 5.98. The molecule has 0 fully saturated rings. The molecule has 0 bridgehead atoms. The number of furan rings is 1. The van der Waals surface area contributed by atoms with Crippen molar-refractivity contribution in [3.05, 3.63) is 205 Å². The van der Waals surface area contributed by atoms with Crippen LogP contribution in [0.1, 0.15) is 25.0 Å². The summed E-state index contributed by atoms with van der Waals surface area (Å²) < 4.78 is 6.47. The lowest BCUT2D eigenvalue weighted by molar-refractivity contribution is 0.660. The van der Waals surface area contributed by atoms with Gasteiger partial charge in [-0.15, -0.1) is 0 Å². The Labute approximate surface area is 342 Å². The molecular weight excluding hydrogens is 721 g/mol. The maximum atomic E-state index is 6.47. The van der Waals surface area contributed by atoms with Crippen LogP contribution in [0.25, 0.3) is 78.4 Å². The topological polar surface area (TPSA) is 55.1 Å². The Kier molecular flexibility index (Phi) is 8.09. The van der Waals surface area contributed by atoms with Crippen molar-refractivity contribution in [3.63, 3.8) is 0 Å². The van der Waals surface area contributed by atoms with E-state index in [-0.39, 0.29) is 5.41 Å². The summed E-state index contributed by atoms with van der Waals surface area (Å²) in [6, 6.07) is 68.0. The van der Waals surface area contributed by atoms with Gasteiger partial charge in [-0.1, -0.05) is 147 Å². The molecule has 1 aliphatic carbocycles. The maximum absolute atomic E-state index is 6.47. The molecule has 2 aromatic heterocycles. The van der Waals surface area contributed by atoms with Crippen LogP contribution < -0.4 is 4.90 Å². The van der Waals surface area contributed by atoms with E-state index in [1.807, 2.05) is 66.7 Å². The highest BCUT2D eigenvalue weighted by Gasteiger charge is 2.35. The van der Waals surface area contributed by atoms with Crippen LogP contribution in [0.5, 0.6) is 0 Å². The third-order valence-corrected chi connectivity index (χ3v) is 11.7. The molecule has 0 spiro atoms. The number of para-hydroxylation sites is 1. The van der Waals surface area contributed by atoms with E-state index in [4.69, 9.17) is 19.4 Å². The van der Waals surface area contributed by atoms with Crippen molar-refractivity contribution < 1.29 is 4.42 Å². The fourth-order valence-corrected chi connectivity index (χ4v) is 8.71. The standard InChI is InChI=1S/C54H38N4O/c1-54(2)47-21-13-12-20-43(47)45-34-42(28-30-48(45)54)58(40-18-10-5-11-19-40)41-26-22-35(23-27-41)38-25-31-49-46(32-38)44-29-24-39(33-50(44)59-49)53-56-51(36-14-6-3-7-15-36)55-52(57-53)37-16-8-4-9-17-37/h3-34H,1-2H3. The van der Waals surface area contributed by atoms with Crippen molar-refractivity contribution in [2.24, 2.45) is 0 Å². The number of aromatic nitrogens is 3. The largest absolute Gasteiger partial charge is 0.456 e. The third-order valence-electron chi connectivity index (χ3n) is 11.7. The van der Waals surface area contributed by atoms with Crippen molar-refractivity contribution in [2.75, 3.05) is 4.90 Å². The number of hydrogen-bond donors (Lipinski definition) is 0. The summed E-state index contributed by atoms with van der Waals surface area (Å²) in [5, 5.41) is 2.10. The minimum absolute atomic E-state index is 0.0411. The van der Waals surface area contributed by atoms with Crippen LogP contribution in [0.2, 0.25) is 0 Å².